The number of hydrogen-bond acceptors (Lipinski definition) is 1. The van der Waals surface area contributed by atoms with Gasteiger partial charge >= 0.3 is 0 Å². The van der Waals surface area contributed by atoms with Crippen LogP contribution in [0, 0.1) is 41.5 Å². The number of hydrogen-bond donors (Lipinski definition) is 0. The lowest BCUT2D eigenvalue weighted by Crippen LogP contribution is -2.42. The normalized spacial score (nSPS) is 11.8. The average molecular weight is 378 g/mol. The Morgan fingerprint density at radius 3 is 1.76 bits per heavy atom. The van der Waals surface area contributed by atoms with Crippen LogP contribution < -0.4 is 14.9 Å². The Bertz CT molecular complexity index is 904. The molecule has 0 aliphatic rings. The van der Waals surface area contributed by atoms with Crippen molar-refractivity contribution in [3.63, 3.8) is 0 Å². The molecule has 0 atom stereocenters. The zero-order valence-corrected chi connectivity index (χ0v) is 18.8. The maximum atomic E-state index is 2.36. The molecule has 1 heterocycles. The van der Waals surface area contributed by atoms with E-state index in [2.05, 4.69) is 83.3 Å². The molecule has 128 valence electrons. The van der Waals surface area contributed by atoms with E-state index in [1.807, 2.05) is 11.3 Å². The zero-order valence-electron chi connectivity index (χ0n) is 15.9. The van der Waals surface area contributed by atoms with Crippen molar-refractivity contribution in [3.05, 3.63) is 75.2 Å². The molecule has 0 amide bonds. The van der Waals surface area contributed by atoms with Crippen molar-refractivity contribution in [2.24, 2.45) is 0 Å². The van der Waals surface area contributed by atoms with Gasteiger partial charge in [0.1, 0.15) is 0 Å². The highest BCUT2D eigenvalue weighted by Gasteiger charge is 2.07. The Morgan fingerprint density at radius 1 is 0.760 bits per heavy atom. The van der Waals surface area contributed by atoms with Gasteiger partial charge in [-0.05, 0) is 51.4 Å². The predicted octanol–water partition coefficient (Wildman–Crippen LogP) is 3.73. The van der Waals surface area contributed by atoms with E-state index in [0.29, 0.717) is 0 Å². The first-order chi connectivity index (χ1) is 11.9. The van der Waals surface area contributed by atoms with Gasteiger partial charge in [-0.3, -0.25) is 0 Å². The highest BCUT2D eigenvalue weighted by atomic mass is 32.1. The van der Waals surface area contributed by atoms with E-state index in [0.717, 1.165) is 8.61 Å². The predicted molar refractivity (Wildman–Crippen MR) is 116 cm³/mol. The molecule has 3 rings (SSSR count). The first kappa shape index (κ1) is 18.4. The summed E-state index contributed by atoms with van der Waals surface area (Å²) in [6, 6.07) is 14.0. The molecule has 1 aromatic heterocycles. The van der Waals surface area contributed by atoms with Crippen LogP contribution in [-0.4, -0.2) is 16.5 Å². The molecular weight excluding hydrogens is 352 g/mol. The third kappa shape index (κ3) is 3.89. The summed E-state index contributed by atoms with van der Waals surface area (Å²) < 4.78 is 1.58. The lowest BCUT2D eigenvalue weighted by atomic mass is 10.1. The molecule has 2 aromatic carbocycles. The van der Waals surface area contributed by atoms with Crippen molar-refractivity contribution >= 4 is 42.7 Å². The Balaban J connectivity index is 2.29. The molecule has 0 saturated carbocycles. The van der Waals surface area contributed by atoms with E-state index in [4.69, 9.17) is 0 Å². The maximum absolute atomic E-state index is 2.36. The maximum Gasteiger partial charge on any atom is -0.00925 e. The Morgan fingerprint density at radius 2 is 1.28 bits per heavy atom. The highest BCUT2D eigenvalue weighted by molar-refractivity contribution is 7.28. The van der Waals surface area contributed by atoms with Gasteiger partial charge in [0.2, 0.25) is 0 Å². The monoisotopic (exact) mass is 377 g/mol. The SMILES string of the molecule is Cc1cc(C)c([Si-]=[Si](c2cccs2)c2c(C)cc(C)cc2C)c(C)c1. The van der Waals surface area contributed by atoms with E-state index in [1.54, 1.807) is 14.9 Å². The summed E-state index contributed by atoms with van der Waals surface area (Å²) in [7, 11) is 0.0669. The fourth-order valence-corrected chi connectivity index (χ4v) is 12.8. The second-order valence-electron chi connectivity index (χ2n) is 7.02. The van der Waals surface area contributed by atoms with Crippen LogP contribution in [0.2, 0.25) is 0 Å². The quantitative estimate of drug-likeness (QED) is 0.610. The summed E-state index contributed by atoms with van der Waals surface area (Å²) in [6.45, 7) is 13.6. The number of rotatable bonds is 3. The van der Waals surface area contributed by atoms with Crippen LogP contribution in [0.1, 0.15) is 33.4 Å². The smallest absolute Gasteiger partial charge is 0.00925 e. The lowest BCUT2D eigenvalue weighted by Gasteiger charge is -2.25. The van der Waals surface area contributed by atoms with Gasteiger partial charge in [-0.2, -0.15) is 11.3 Å². The van der Waals surface area contributed by atoms with Crippen LogP contribution in [0.5, 0.6) is 0 Å². The van der Waals surface area contributed by atoms with Crippen LogP contribution >= 0.6 is 11.3 Å². The van der Waals surface area contributed by atoms with Crippen molar-refractivity contribution in [3.8, 4) is 0 Å². The van der Waals surface area contributed by atoms with Crippen molar-refractivity contribution in [2.75, 3.05) is 0 Å². The van der Waals surface area contributed by atoms with E-state index >= 15 is 0 Å². The van der Waals surface area contributed by atoms with E-state index in [1.165, 1.54) is 33.4 Å². The van der Waals surface area contributed by atoms with Gasteiger partial charge in [0.25, 0.3) is 0 Å². The number of aryl methyl sites for hydroxylation is 6. The van der Waals surface area contributed by atoms with Crippen molar-refractivity contribution in [1.82, 2.24) is 0 Å². The van der Waals surface area contributed by atoms with Gasteiger partial charge in [-0.1, -0.05) is 75.0 Å². The van der Waals surface area contributed by atoms with Crippen molar-refractivity contribution in [2.45, 2.75) is 41.5 Å². The topological polar surface area (TPSA) is 0 Å². The summed E-state index contributed by atoms with van der Waals surface area (Å²) in [5.74, 6) is 0. The zero-order chi connectivity index (χ0) is 18.1. The molecule has 0 spiro atoms. The van der Waals surface area contributed by atoms with Crippen molar-refractivity contribution < 1.29 is 0 Å². The minimum atomic E-state index is -0.796. The summed E-state index contributed by atoms with van der Waals surface area (Å²) in [5, 5.41) is 5.43. The summed E-state index contributed by atoms with van der Waals surface area (Å²) in [4.78, 5) is 0. The second kappa shape index (κ2) is 7.44. The van der Waals surface area contributed by atoms with Crippen LogP contribution in [0.15, 0.2) is 41.8 Å². The summed E-state index contributed by atoms with van der Waals surface area (Å²) >= 11 is 1.93. The van der Waals surface area contributed by atoms with Gasteiger partial charge in [0.15, 0.2) is 0 Å². The molecule has 0 radical (unpaired) electrons. The fourth-order valence-electron chi connectivity index (χ4n) is 3.74. The largest absolute Gasteiger partial charge is 0.407 e. The number of benzene rings is 2. The highest BCUT2D eigenvalue weighted by Crippen LogP contribution is 2.08. The average Bonchev–Trinajstić information content (AvgIpc) is 3.01. The molecule has 3 aromatic rings. The van der Waals surface area contributed by atoms with Crippen LogP contribution in [0.4, 0.5) is 0 Å². The third-order valence-corrected chi connectivity index (χ3v) is 13.1. The van der Waals surface area contributed by atoms with Gasteiger partial charge in [0.05, 0.1) is 0 Å². The van der Waals surface area contributed by atoms with E-state index < -0.39 is 7.89 Å². The molecule has 0 nitrogen and oxygen atoms in total. The van der Waals surface area contributed by atoms with Crippen LogP contribution in [-0.2, 0) is 0 Å². The van der Waals surface area contributed by atoms with Gasteiger partial charge in [-0.15, -0.1) is 7.89 Å². The van der Waals surface area contributed by atoms with Crippen molar-refractivity contribution in [1.29, 1.82) is 0 Å². The Labute approximate surface area is 159 Å². The minimum Gasteiger partial charge on any atom is -0.407 e. The van der Waals surface area contributed by atoms with Crippen LogP contribution in [0.25, 0.3) is 0 Å². The molecular formula is C22H25SSi2-. The Hall–Kier alpha value is -1.43. The summed E-state index contributed by atoms with van der Waals surface area (Å²) in [6.07, 6.45) is 0. The molecule has 0 fully saturated rings. The van der Waals surface area contributed by atoms with Gasteiger partial charge in [0, 0.05) is 0 Å². The molecule has 0 aliphatic heterocycles. The second-order valence-corrected chi connectivity index (χ2v) is 13.1. The molecule has 0 aliphatic carbocycles. The van der Waals surface area contributed by atoms with E-state index in [-0.39, 0.29) is 0 Å². The Kier molecular flexibility index (Phi) is 5.47. The van der Waals surface area contributed by atoms with Crippen LogP contribution in [0.3, 0.4) is 0 Å². The molecule has 0 saturated heterocycles. The number of thiophene rings is 1. The molecule has 0 unspecified atom stereocenters. The first-order valence-corrected chi connectivity index (χ1v) is 13.1. The third-order valence-electron chi connectivity index (χ3n) is 4.62. The summed E-state index contributed by atoms with van der Waals surface area (Å²) in [5.41, 5.74) is 8.59. The molecule has 3 heteroatoms. The van der Waals surface area contributed by atoms with Gasteiger partial charge < -0.3 is 8.61 Å². The molecule has 25 heavy (non-hydrogen) atoms. The minimum absolute atomic E-state index is 0.796. The fraction of sp³-hybridized carbons (Fsp3) is 0.273. The first-order valence-electron chi connectivity index (χ1n) is 8.70. The lowest BCUT2D eigenvalue weighted by molar-refractivity contribution is 1.35. The van der Waals surface area contributed by atoms with Gasteiger partial charge in [-0.25, -0.2) is 5.19 Å². The molecule has 0 N–H and O–H groups in total. The van der Waals surface area contributed by atoms with E-state index in [9.17, 15) is 0 Å². The molecule has 0 bridgehead atoms. The standard InChI is InChI=1S/C22H25SSi2/c1-14-10-16(3)21(17(4)11-14)24-25(20-8-7-9-23-20)22-18(5)12-15(2)13-19(22)6/h7-13H,1-6H3/q-1.